The van der Waals surface area contributed by atoms with Gasteiger partial charge in [-0.15, -0.1) is 12.4 Å². The van der Waals surface area contributed by atoms with Gasteiger partial charge in [-0.2, -0.15) is 26.3 Å². The predicted octanol–water partition coefficient (Wildman–Crippen LogP) is 6.08. The van der Waals surface area contributed by atoms with Gasteiger partial charge < -0.3 is 14.9 Å². The molecule has 0 aliphatic carbocycles. The third kappa shape index (κ3) is 6.19. The lowest BCUT2D eigenvalue weighted by atomic mass is 9.92. The maximum Gasteiger partial charge on any atom is 0.430 e. The number of hydrogen-bond acceptors (Lipinski definition) is 2. The van der Waals surface area contributed by atoms with Crippen molar-refractivity contribution in [1.29, 1.82) is 5.41 Å². The van der Waals surface area contributed by atoms with Crippen molar-refractivity contribution in [3.63, 3.8) is 0 Å². The van der Waals surface area contributed by atoms with E-state index in [9.17, 15) is 31.4 Å². The lowest BCUT2D eigenvalue weighted by Gasteiger charge is -2.39. The maximum absolute atomic E-state index is 13.1. The summed E-state index contributed by atoms with van der Waals surface area (Å²) >= 11 is 0. The molecule has 1 aromatic carbocycles. The summed E-state index contributed by atoms with van der Waals surface area (Å²) in [5.41, 5.74) is -6.02. The second kappa shape index (κ2) is 10.8. The number of benzene rings is 1. The number of anilines is 1. The molecule has 31 heavy (non-hydrogen) atoms. The number of alkyl halides is 6. The van der Waals surface area contributed by atoms with Gasteiger partial charge in [0.05, 0.1) is 0 Å². The maximum atomic E-state index is 13.1. The number of unbranched alkanes of at least 4 members (excludes halogenated alkanes) is 1. The van der Waals surface area contributed by atoms with E-state index in [4.69, 9.17) is 5.41 Å². The summed E-state index contributed by atoms with van der Waals surface area (Å²) in [6.45, 7) is 9.86. The summed E-state index contributed by atoms with van der Waals surface area (Å²) in [4.78, 5) is 3.35. The van der Waals surface area contributed by atoms with Crippen molar-refractivity contribution in [2.45, 2.75) is 77.5 Å². The van der Waals surface area contributed by atoms with E-state index in [2.05, 4.69) is 0 Å². The summed E-state index contributed by atoms with van der Waals surface area (Å²) in [5, 5.41) is 18.2. The molecule has 4 nitrogen and oxygen atoms in total. The minimum atomic E-state index is -5.94. The van der Waals surface area contributed by atoms with Crippen molar-refractivity contribution in [3.05, 3.63) is 29.8 Å². The highest BCUT2D eigenvalue weighted by atomic mass is 35.5. The van der Waals surface area contributed by atoms with Gasteiger partial charge in [0, 0.05) is 29.9 Å². The van der Waals surface area contributed by atoms with Crippen LogP contribution in [-0.2, 0) is 5.60 Å². The molecule has 0 aliphatic heterocycles. The molecule has 0 saturated carbocycles. The Labute approximate surface area is 185 Å². The first kappa shape index (κ1) is 29.3. The number of rotatable bonds is 7. The average molecular weight is 478 g/mol. The highest BCUT2D eigenvalue weighted by molar-refractivity contribution is 5.94. The second-order valence-electron chi connectivity index (χ2n) is 7.68. The van der Waals surface area contributed by atoms with Crippen LogP contribution in [0.25, 0.3) is 0 Å². The Kier molecular flexibility index (Phi) is 10.2. The predicted molar refractivity (Wildman–Crippen MR) is 112 cm³/mol. The quantitative estimate of drug-likeness (QED) is 0.284. The summed E-state index contributed by atoms with van der Waals surface area (Å²) in [6, 6.07) is 3.28. The normalized spacial score (nSPS) is 12.7. The zero-order valence-electron chi connectivity index (χ0n) is 18.1. The van der Waals surface area contributed by atoms with Gasteiger partial charge in [0.25, 0.3) is 5.60 Å². The third-order valence-corrected chi connectivity index (χ3v) is 4.77. The molecule has 0 radical (unpaired) electrons. The van der Waals surface area contributed by atoms with Crippen molar-refractivity contribution >= 4 is 24.1 Å². The van der Waals surface area contributed by atoms with Crippen molar-refractivity contribution in [3.8, 4) is 0 Å². The van der Waals surface area contributed by atoms with Crippen molar-refractivity contribution in [1.82, 2.24) is 4.90 Å². The Morgan fingerprint density at radius 2 is 1.35 bits per heavy atom. The topological polar surface area (TPSA) is 50.6 Å². The van der Waals surface area contributed by atoms with E-state index in [0.717, 1.165) is 18.6 Å². The highest BCUT2D eigenvalue weighted by Gasteiger charge is 2.71. The van der Waals surface area contributed by atoms with Crippen molar-refractivity contribution < 1.29 is 31.4 Å². The van der Waals surface area contributed by atoms with Crippen LogP contribution in [0, 0.1) is 5.41 Å². The van der Waals surface area contributed by atoms with Gasteiger partial charge in [0.1, 0.15) is 0 Å². The lowest BCUT2D eigenvalue weighted by molar-refractivity contribution is -0.376. The number of nitrogens with one attached hydrogen (secondary N) is 1. The van der Waals surface area contributed by atoms with E-state index in [1.165, 1.54) is 0 Å². The first-order valence-electron chi connectivity index (χ1n) is 9.70. The van der Waals surface area contributed by atoms with Crippen molar-refractivity contribution in [2.75, 3.05) is 11.4 Å². The Morgan fingerprint density at radius 3 is 1.68 bits per heavy atom. The number of aliphatic hydroxyl groups is 1. The molecule has 0 heterocycles. The average Bonchev–Trinajstić information content (AvgIpc) is 2.59. The Hall–Kier alpha value is -1.68. The summed E-state index contributed by atoms with van der Waals surface area (Å²) in [5.74, 6) is 0.100. The Morgan fingerprint density at radius 1 is 0.935 bits per heavy atom. The standard InChI is InChI=1S/C20H29F6N3O.ClH/c1-6-7-12-28(17(27)29(13(2)3)14(4)5)16-10-8-15(9-11-16)18(30,19(21,22)23)20(24,25)26;/h8-11,13-14,27,30H,6-7,12H2,1-5H3;1H. The van der Waals surface area contributed by atoms with E-state index in [1.807, 2.05) is 34.6 Å². The van der Waals surface area contributed by atoms with Gasteiger partial charge >= 0.3 is 12.4 Å². The molecule has 0 unspecified atom stereocenters. The molecular weight excluding hydrogens is 448 g/mol. The van der Waals surface area contributed by atoms with Crippen LogP contribution in [-0.4, -0.2) is 46.9 Å². The monoisotopic (exact) mass is 477 g/mol. The van der Waals surface area contributed by atoms with Gasteiger partial charge in [-0.25, -0.2) is 0 Å². The van der Waals surface area contributed by atoms with Gasteiger partial charge in [-0.05, 0) is 46.2 Å². The molecule has 1 rings (SSSR count). The number of halogens is 7. The minimum absolute atomic E-state index is 0. The van der Waals surface area contributed by atoms with Crippen LogP contribution in [0.2, 0.25) is 0 Å². The first-order chi connectivity index (χ1) is 13.6. The van der Waals surface area contributed by atoms with E-state index >= 15 is 0 Å². The molecule has 0 atom stereocenters. The van der Waals surface area contributed by atoms with Crippen LogP contribution in [0.15, 0.2) is 24.3 Å². The third-order valence-electron chi connectivity index (χ3n) is 4.77. The molecule has 0 bridgehead atoms. The molecule has 0 saturated heterocycles. The van der Waals surface area contributed by atoms with E-state index in [-0.39, 0.29) is 36.1 Å². The molecular formula is C20H30ClF6N3O. The largest absolute Gasteiger partial charge is 0.430 e. The zero-order valence-corrected chi connectivity index (χ0v) is 18.9. The fourth-order valence-electron chi connectivity index (χ4n) is 3.27. The van der Waals surface area contributed by atoms with Crippen LogP contribution < -0.4 is 4.90 Å². The fourth-order valence-corrected chi connectivity index (χ4v) is 3.27. The number of guanidine groups is 1. The molecule has 11 heteroatoms. The lowest BCUT2D eigenvalue weighted by Crippen LogP contribution is -2.54. The molecule has 0 spiro atoms. The van der Waals surface area contributed by atoms with E-state index in [1.54, 1.807) is 9.80 Å². The highest BCUT2D eigenvalue weighted by Crippen LogP contribution is 2.50. The van der Waals surface area contributed by atoms with Crippen LogP contribution in [0.5, 0.6) is 0 Å². The molecule has 0 amide bonds. The number of nitrogens with zero attached hydrogens (tertiary/aromatic N) is 2. The summed E-state index contributed by atoms with van der Waals surface area (Å²) in [6.07, 6.45) is -10.4. The van der Waals surface area contributed by atoms with Gasteiger partial charge in [0.2, 0.25) is 0 Å². The Balaban J connectivity index is 0.00000900. The first-order valence-corrected chi connectivity index (χ1v) is 9.70. The second-order valence-corrected chi connectivity index (χ2v) is 7.68. The zero-order chi connectivity index (χ0) is 23.5. The van der Waals surface area contributed by atoms with Crippen molar-refractivity contribution in [2.24, 2.45) is 0 Å². The van der Waals surface area contributed by atoms with Crippen LogP contribution in [0.4, 0.5) is 32.0 Å². The van der Waals surface area contributed by atoms with Gasteiger partial charge in [-0.1, -0.05) is 25.5 Å². The smallest absolute Gasteiger partial charge is 0.369 e. The van der Waals surface area contributed by atoms with E-state index < -0.39 is 23.5 Å². The molecule has 2 N–H and O–H groups in total. The number of hydrogen-bond donors (Lipinski definition) is 2. The molecule has 180 valence electrons. The fraction of sp³-hybridized carbons (Fsp3) is 0.650. The van der Waals surface area contributed by atoms with Crippen LogP contribution >= 0.6 is 12.4 Å². The molecule has 0 aromatic heterocycles. The Bertz CT molecular complexity index is 682. The van der Waals surface area contributed by atoms with E-state index in [0.29, 0.717) is 25.1 Å². The molecule has 1 aromatic rings. The van der Waals surface area contributed by atoms with Gasteiger partial charge in [-0.3, -0.25) is 5.41 Å². The SMILES string of the molecule is CCCCN(C(=N)N(C(C)C)C(C)C)c1ccc(C(O)(C(F)(F)F)C(F)(F)F)cc1.Cl. The van der Waals surface area contributed by atoms with Crippen LogP contribution in [0.3, 0.4) is 0 Å². The van der Waals surface area contributed by atoms with Gasteiger partial charge in [0.15, 0.2) is 5.96 Å². The summed E-state index contributed by atoms with van der Waals surface area (Å²) in [7, 11) is 0. The molecule has 0 fully saturated rings. The minimum Gasteiger partial charge on any atom is -0.369 e. The van der Waals surface area contributed by atoms with Crippen LogP contribution in [0.1, 0.15) is 53.0 Å². The molecule has 0 aliphatic rings. The summed E-state index contributed by atoms with van der Waals surface area (Å²) < 4.78 is 78.6.